The number of nitrogens with one attached hydrogen (secondary N) is 2. The lowest BCUT2D eigenvalue weighted by Gasteiger charge is -2.26. The van der Waals surface area contributed by atoms with Crippen molar-refractivity contribution in [1.82, 2.24) is 25.1 Å². The molecule has 2 aromatic heterocycles. The van der Waals surface area contributed by atoms with Gasteiger partial charge in [0.15, 0.2) is 0 Å². The summed E-state index contributed by atoms with van der Waals surface area (Å²) in [4.78, 5) is 23.1. The Morgan fingerprint density at radius 3 is 2.87 bits per heavy atom. The van der Waals surface area contributed by atoms with Crippen LogP contribution in [0.25, 0.3) is 11.3 Å². The van der Waals surface area contributed by atoms with Gasteiger partial charge in [0.1, 0.15) is 17.9 Å². The molecule has 3 heterocycles. The minimum absolute atomic E-state index is 0.0258. The smallest absolute Gasteiger partial charge is 0.242 e. The average Bonchev–Trinajstić information content (AvgIpc) is 3.42. The third-order valence-electron chi connectivity index (χ3n) is 5.24. The van der Waals surface area contributed by atoms with E-state index in [1.54, 1.807) is 30.2 Å². The van der Waals surface area contributed by atoms with Gasteiger partial charge in [-0.1, -0.05) is 6.07 Å². The summed E-state index contributed by atoms with van der Waals surface area (Å²) in [6, 6.07) is 11.3. The Morgan fingerprint density at radius 1 is 1.27 bits per heavy atom. The summed E-state index contributed by atoms with van der Waals surface area (Å²) in [7, 11) is 3.47. The fourth-order valence-electron chi connectivity index (χ4n) is 3.72. The molecular formula is C21H22N8O. The number of carbonyl (C=O) groups is 1. The van der Waals surface area contributed by atoms with Crippen LogP contribution < -0.4 is 15.5 Å². The highest BCUT2D eigenvalue weighted by atomic mass is 16.2. The zero-order valence-corrected chi connectivity index (χ0v) is 16.8. The van der Waals surface area contributed by atoms with Crippen LogP contribution in [0.1, 0.15) is 18.4 Å². The quantitative estimate of drug-likeness (QED) is 0.673. The second kappa shape index (κ2) is 8.21. The Balaban J connectivity index is 1.64. The van der Waals surface area contributed by atoms with E-state index in [1.807, 2.05) is 36.2 Å². The van der Waals surface area contributed by atoms with Gasteiger partial charge in [-0.25, -0.2) is 9.97 Å². The Kier molecular flexibility index (Phi) is 5.30. The zero-order valence-electron chi connectivity index (χ0n) is 16.8. The third-order valence-corrected chi connectivity index (χ3v) is 5.24. The average molecular weight is 402 g/mol. The first-order valence-electron chi connectivity index (χ1n) is 9.71. The third kappa shape index (κ3) is 3.67. The number of benzene rings is 1. The van der Waals surface area contributed by atoms with Crippen molar-refractivity contribution in [2.75, 3.05) is 23.8 Å². The number of hydrogen-bond acceptors (Lipinski definition) is 7. The van der Waals surface area contributed by atoms with E-state index in [9.17, 15) is 10.1 Å². The summed E-state index contributed by atoms with van der Waals surface area (Å²) in [6.45, 7) is 0.748. The summed E-state index contributed by atoms with van der Waals surface area (Å²) in [5.74, 6) is 1.19. The topological polar surface area (TPSA) is 112 Å². The fourth-order valence-corrected chi connectivity index (χ4v) is 3.72. The molecular weight excluding hydrogens is 380 g/mol. The van der Waals surface area contributed by atoms with Crippen molar-refractivity contribution in [3.8, 4) is 17.3 Å². The van der Waals surface area contributed by atoms with Gasteiger partial charge in [-0.15, -0.1) is 0 Å². The molecule has 3 aromatic rings. The van der Waals surface area contributed by atoms with Gasteiger partial charge in [-0.05, 0) is 31.0 Å². The van der Waals surface area contributed by atoms with Gasteiger partial charge in [0.25, 0.3) is 0 Å². The van der Waals surface area contributed by atoms with Crippen molar-refractivity contribution in [2.45, 2.75) is 18.9 Å². The molecule has 152 valence electrons. The monoisotopic (exact) mass is 402 g/mol. The lowest BCUT2D eigenvalue weighted by Crippen LogP contribution is -2.42. The van der Waals surface area contributed by atoms with E-state index in [4.69, 9.17) is 0 Å². The highest BCUT2D eigenvalue weighted by molar-refractivity contribution is 5.86. The van der Waals surface area contributed by atoms with E-state index < -0.39 is 0 Å². The Hall–Kier alpha value is -3.93. The number of carbonyl (C=O) groups excluding carboxylic acids is 1. The van der Waals surface area contributed by atoms with E-state index in [0.29, 0.717) is 17.2 Å². The van der Waals surface area contributed by atoms with Crippen LogP contribution in [0.3, 0.4) is 0 Å². The maximum Gasteiger partial charge on any atom is 0.242 e. The van der Waals surface area contributed by atoms with E-state index in [2.05, 4.69) is 31.8 Å². The molecule has 0 aliphatic carbocycles. The molecule has 2 N–H and O–H groups in total. The van der Waals surface area contributed by atoms with Gasteiger partial charge in [0.05, 0.1) is 23.1 Å². The first kappa shape index (κ1) is 19.4. The van der Waals surface area contributed by atoms with Gasteiger partial charge in [0, 0.05) is 38.5 Å². The minimum atomic E-state index is -0.248. The summed E-state index contributed by atoms with van der Waals surface area (Å²) in [5, 5.41) is 19.7. The second-order valence-corrected chi connectivity index (χ2v) is 7.04. The lowest BCUT2D eigenvalue weighted by molar-refractivity contribution is -0.121. The molecule has 9 nitrogen and oxygen atoms in total. The molecule has 4 rings (SSSR count). The Morgan fingerprint density at radius 2 is 2.13 bits per heavy atom. The van der Waals surface area contributed by atoms with Crippen molar-refractivity contribution in [2.24, 2.45) is 7.05 Å². The van der Waals surface area contributed by atoms with Crippen LogP contribution in [0.4, 0.5) is 17.5 Å². The van der Waals surface area contributed by atoms with Gasteiger partial charge in [0.2, 0.25) is 11.9 Å². The lowest BCUT2D eigenvalue weighted by atomic mass is 10.0. The number of nitriles is 1. The van der Waals surface area contributed by atoms with Crippen LogP contribution >= 0.6 is 0 Å². The first-order valence-corrected chi connectivity index (χ1v) is 9.71. The number of amides is 1. The van der Waals surface area contributed by atoms with Gasteiger partial charge >= 0.3 is 0 Å². The zero-order chi connectivity index (χ0) is 21.1. The van der Waals surface area contributed by atoms with Crippen molar-refractivity contribution in [3.05, 3.63) is 48.3 Å². The maximum absolute atomic E-state index is 12.2. The number of hydrogen-bond donors (Lipinski definition) is 2. The predicted octanol–water partition coefficient (Wildman–Crippen LogP) is 2.21. The molecule has 0 radical (unpaired) electrons. The summed E-state index contributed by atoms with van der Waals surface area (Å²) < 4.78 is 1.69. The molecule has 1 amide bonds. The number of rotatable bonds is 5. The summed E-state index contributed by atoms with van der Waals surface area (Å²) in [6.07, 6.45) is 5.05. The van der Waals surface area contributed by atoms with Gasteiger partial charge < -0.3 is 15.5 Å². The van der Waals surface area contributed by atoms with Gasteiger partial charge in [-0.2, -0.15) is 10.4 Å². The van der Waals surface area contributed by atoms with E-state index in [0.717, 1.165) is 36.5 Å². The Bertz CT molecular complexity index is 1120. The van der Waals surface area contributed by atoms with Crippen LogP contribution in [0.2, 0.25) is 0 Å². The molecule has 0 spiro atoms. The Labute approximate surface area is 174 Å². The van der Waals surface area contributed by atoms with Crippen LogP contribution in [0.5, 0.6) is 0 Å². The molecule has 1 aliphatic rings. The summed E-state index contributed by atoms with van der Waals surface area (Å²) in [5.41, 5.74) is 2.79. The van der Waals surface area contributed by atoms with Crippen LogP contribution in [-0.4, -0.2) is 45.3 Å². The molecule has 1 atom stereocenters. The number of aromatic nitrogens is 4. The molecule has 1 aromatic carbocycles. The highest BCUT2D eigenvalue weighted by Gasteiger charge is 2.31. The highest BCUT2D eigenvalue weighted by Crippen LogP contribution is 2.31. The van der Waals surface area contributed by atoms with Crippen molar-refractivity contribution < 1.29 is 4.79 Å². The number of nitrogens with zero attached hydrogens (tertiary/aromatic N) is 6. The maximum atomic E-state index is 12.2. The molecule has 1 saturated heterocycles. The second-order valence-electron chi connectivity index (χ2n) is 7.04. The number of aryl methyl sites for hydroxylation is 1. The summed E-state index contributed by atoms with van der Waals surface area (Å²) >= 11 is 0. The van der Waals surface area contributed by atoms with E-state index in [-0.39, 0.29) is 11.9 Å². The number of likely N-dealkylation sites (N-methyl/N-ethyl adjacent to an activating group) is 1. The largest absolute Gasteiger partial charge is 0.358 e. The molecule has 0 saturated carbocycles. The first-order chi connectivity index (χ1) is 14.6. The van der Waals surface area contributed by atoms with Crippen molar-refractivity contribution in [3.63, 3.8) is 0 Å². The minimum Gasteiger partial charge on any atom is -0.358 e. The molecule has 1 fully saturated rings. The normalized spacial score (nSPS) is 15.6. The van der Waals surface area contributed by atoms with E-state index in [1.165, 1.54) is 0 Å². The molecule has 1 aliphatic heterocycles. The molecule has 1 unspecified atom stereocenters. The van der Waals surface area contributed by atoms with Crippen molar-refractivity contribution >= 4 is 23.4 Å². The van der Waals surface area contributed by atoms with Crippen LogP contribution in [0.15, 0.2) is 42.7 Å². The molecule has 9 heteroatoms. The van der Waals surface area contributed by atoms with Crippen LogP contribution in [0, 0.1) is 11.3 Å². The SMILES string of the molecule is CNC(=O)C1CCCN1c1ccc(-c2ccnc(Nc3ccnn3C)n2)cc1C#N. The van der Waals surface area contributed by atoms with Gasteiger partial charge in [-0.3, -0.25) is 9.48 Å². The van der Waals surface area contributed by atoms with E-state index >= 15 is 0 Å². The molecule has 30 heavy (non-hydrogen) atoms. The number of anilines is 3. The predicted molar refractivity (Wildman–Crippen MR) is 113 cm³/mol. The molecule has 0 bridgehead atoms. The van der Waals surface area contributed by atoms with Crippen LogP contribution in [-0.2, 0) is 11.8 Å². The fraction of sp³-hybridized carbons (Fsp3) is 0.286. The van der Waals surface area contributed by atoms with Crippen molar-refractivity contribution in [1.29, 1.82) is 5.26 Å². The standard InChI is InChI=1S/C21H22N8O/c1-23-20(30)18-4-3-11-29(18)17-6-5-14(12-15(17)13-22)16-7-9-24-21(26-16)27-19-8-10-25-28(19)2/h5-10,12,18H,3-4,11H2,1-2H3,(H,23,30)(H,24,26,27).